The molecule has 2 N–H and O–H groups in total. The van der Waals surface area contributed by atoms with E-state index in [1.807, 2.05) is 0 Å². The molecule has 7 heteroatoms. The smallest absolute Gasteiger partial charge is 0.201 e. The Morgan fingerprint density at radius 1 is 0.675 bits per heavy atom. The molecule has 0 amide bonds. The molecule has 0 saturated heterocycles. The molecule has 40 heavy (non-hydrogen) atoms. The van der Waals surface area contributed by atoms with E-state index in [-0.39, 0.29) is 50.7 Å². The normalized spacial score (nSPS) is 12.6. The first-order valence-electron chi connectivity index (χ1n) is 14.9. The molecule has 3 rings (SSSR count). The van der Waals surface area contributed by atoms with Crippen LogP contribution < -0.4 is 21.7 Å². The Kier molecular flexibility index (Phi) is 13.7. The van der Waals surface area contributed by atoms with Gasteiger partial charge in [0.15, 0.2) is 5.78 Å². The largest absolute Gasteiger partial charge is 1.00 e. The van der Waals surface area contributed by atoms with Crippen molar-refractivity contribution in [1.82, 2.24) is 0 Å². The van der Waals surface area contributed by atoms with E-state index < -0.39 is 11.6 Å². The van der Waals surface area contributed by atoms with Crippen molar-refractivity contribution in [2.24, 2.45) is 0 Å². The second kappa shape index (κ2) is 16.2. The van der Waals surface area contributed by atoms with Crippen molar-refractivity contribution in [2.75, 3.05) is 33.8 Å². The van der Waals surface area contributed by atoms with Gasteiger partial charge in [0.2, 0.25) is 5.78 Å². The van der Waals surface area contributed by atoms with Gasteiger partial charge in [-0.1, -0.05) is 58.3 Å². The SMILES string of the molecule is CCCCCCCCCCCC[N+](C)(C)CCCCOc1cc(O)c2c(c1)C(=O)c1cc(C)cc(O)c1C2=O.[Br-]. The van der Waals surface area contributed by atoms with Crippen LogP contribution in [0.25, 0.3) is 0 Å². The maximum Gasteiger partial charge on any atom is 0.201 e. The van der Waals surface area contributed by atoms with Gasteiger partial charge in [-0.15, -0.1) is 0 Å². The van der Waals surface area contributed by atoms with Crippen LogP contribution in [0, 0.1) is 6.92 Å². The fourth-order valence-corrected chi connectivity index (χ4v) is 5.53. The fraction of sp³-hybridized carbons (Fsp3) is 0.576. The summed E-state index contributed by atoms with van der Waals surface area (Å²) in [6, 6.07) is 5.95. The van der Waals surface area contributed by atoms with Crippen molar-refractivity contribution >= 4 is 11.6 Å². The first-order chi connectivity index (χ1) is 18.6. The number of aromatic hydroxyl groups is 2. The highest BCUT2D eigenvalue weighted by atomic mass is 79.9. The second-order valence-corrected chi connectivity index (χ2v) is 11.9. The van der Waals surface area contributed by atoms with Crippen molar-refractivity contribution in [1.29, 1.82) is 0 Å². The van der Waals surface area contributed by atoms with Gasteiger partial charge in [0.05, 0.1) is 44.9 Å². The molecule has 0 bridgehead atoms. The lowest BCUT2D eigenvalue weighted by atomic mass is 9.82. The number of ether oxygens (including phenoxy) is 1. The highest BCUT2D eigenvalue weighted by molar-refractivity contribution is 6.30. The molecule has 2 aromatic rings. The lowest BCUT2D eigenvalue weighted by Gasteiger charge is -2.30. The van der Waals surface area contributed by atoms with E-state index in [9.17, 15) is 19.8 Å². The number of aryl methyl sites for hydroxylation is 1. The fourth-order valence-electron chi connectivity index (χ4n) is 5.53. The van der Waals surface area contributed by atoms with E-state index in [0.717, 1.165) is 23.9 Å². The summed E-state index contributed by atoms with van der Waals surface area (Å²) in [6.07, 6.45) is 15.4. The predicted molar refractivity (Wildman–Crippen MR) is 156 cm³/mol. The zero-order valence-corrected chi connectivity index (χ0v) is 26.4. The molecule has 0 radical (unpaired) electrons. The number of nitrogens with zero attached hydrogens (tertiary/aromatic N) is 1. The molecular weight excluding hydrogens is 570 g/mol. The summed E-state index contributed by atoms with van der Waals surface area (Å²) in [7, 11) is 4.58. The van der Waals surface area contributed by atoms with E-state index in [1.165, 1.54) is 89.0 Å². The first kappa shape index (κ1) is 33.8. The van der Waals surface area contributed by atoms with Crippen molar-refractivity contribution in [3.63, 3.8) is 0 Å². The molecule has 0 fully saturated rings. The number of phenols is 2. The number of benzene rings is 2. The summed E-state index contributed by atoms with van der Waals surface area (Å²) in [5.41, 5.74) is 0.818. The van der Waals surface area contributed by atoms with E-state index in [1.54, 1.807) is 13.0 Å². The quantitative estimate of drug-likeness (QED) is 0.174. The van der Waals surface area contributed by atoms with Gasteiger partial charge in [-0.3, -0.25) is 9.59 Å². The average Bonchev–Trinajstić information content (AvgIpc) is 2.87. The zero-order valence-electron chi connectivity index (χ0n) is 24.9. The monoisotopic (exact) mass is 617 g/mol. The minimum Gasteiger partial charge on any atom is -1.00 e. The number of carbonyl (C=O) groups is 2. The predicted octanol–water partition coefficient (Wildman–Crippen LogP) is 4.34. The first-order valence-corrected chi connectivity index (χ1v) is 14.9. The van der Waals surface area contributed by atoms with E-state index >= 15 is 0 Å². The van der Waals surface area contributed by atoms with Gasteiger partial charge in [0.25, 0.3) is 0 Å². The Morgan fingerprint density at radius 3 is 1.77 bits per heavy atom. The van der Waals surface area contributed by atoms with Gasteiger partial charge in [0.1, 0.15) is 17.2 Å². The minimum absolute atomic E-state index is 0. The van der Waals surface area contributed by atoms with Gasteiger partial charge < -0.3 is 36.4 Å². The number of fused-ring (bicyclic) bond motifs is 2. The van der Waals surface area contributed by atoms with Gasteiger partial charge in [-0.2, -0.15) is 0 Å². The Morgan fingerprint density at radius 2 is 1.18 bits per heavy atom. The third-order valence-electron chi connectivity index (χ3n) is 7.84. The van der Waals surface area contributed by atoms with Crippen LogP contribution in [0.2, 0.25) is 0 Å². The zero-order chi connectivity index (χ0) is 28.4. The van der Waals surface area contributed by atoms with Crippen LogP contribution in [0.1, 0.15) is 121 Å². The van der Waals surface area contributed by atoms with Crippen LogP contribution >= 0.6 is 0 Å². The second-order valence-electron chi connectivity index (χ2n) is 11.9. The van der Waals surface area contributed by atoms with Crippen molar-refractivity contribution < 1.29 is 46.0 Å². The molecule has 0 saturated carbocycles. The van der Waals surface area contributed by atoms with Crippen molar-refractivity contribution in [3.8, 4) is 17.2 Å². The molecule has 0 atom stereocenters. The van der Waals surface area contributed by atoms with E-state index in [2.05, 4.69) is 21.0 Å². The van der Waals surface area contributed by atoms with Crippen LogP contribution in [-0.4, -0.2) is 60.1 Å². The standard InChI is InChI=1S/C33H47NO5.BrH/c1-5-6-7-8-9-10-11-12-13-14-17-34(3,4)18-15-16-19-39-25-22-27-31(29(36)23-25)33(38)30-26(32(27)37)20-24(2)21-28(30)35;/h20-23H,5-19H2,1-4H3,(H-,35,36,38);1H. The molecule has 1 aliphatic carbocycles. The number of ketones is 2. The van der Waals surface area contributed by atoms with Crippen LogP contribution in [0.15, 0.2) is 24.3 Å². The summed E-state index contributed by atoms with van der Waals surface area (Å²) in [6.45, 7) is 6.74. The molecule has 2 aromatic carbocycles. The van der Waals surface area contributed by atoms with Crippen LogP contribution in [-0.2, 0) is 0 Å². The van der Waals surface area contributed by atoms with Crippen molar-refractivity contribution in [2.45, 2.75) is 90.9 Å². The number of unbranched alkanes of at least 4 members (excludes halogenated alkanes) is 10. The van der Waals surface area contributed by atoms with Crippen LogP contribution in [0.5, 0.6) is 17.2 Å². The van der Waals surface area contributed by atoms with E-state index in [4.69, 9.17) is 4.74 Å². The summed E-state index contributed by atoms with van der Waals surface area (Å²) in [5, 5.41) is 20.8. The minimum atomic E-state index is -0.552. The molecule has 0 aliphatic heterocycles. The Balaban J connectivity index is 0.00000560. The molecule has 222 valence electrons. The molecule has 0 heterocycles. The summed E-state index contributed by atoms with van der Waals surface area (Å²) < 4.78 is 6.87. The van der Waals surface area contributed by atoms with Crippen LogP contribution in [0.3, 0.4) is 0 Å². The number of rotatable bonds is 17. The summed E-state index contributed by atoms with van der Waals surface area (Å²) >= 11 is 0. The van der Waals surface area contributed by atoms with E-state index in [0.29, 0.717) is 17.9 Å². The molecule has 6 nitrogen and oxygen atoms in total. The van der Waals surface area contributed by atoms with Gasteiger partial charge in [-0.25, -0.2) is 0 Å². The van der Waals surface area contributed by atoms with Gasteiger partial charge in [-0.05, 0) is 56.4 Å². The van der Waals surface area contributed by atoms with Gasteiger partial charge >= 0.3 is 0 Å². The molecule has 0 spiro atoms. The molecular formula is C33H48BrNO5. The number of hydrogen-bond acceptors (Lipinski definition) is 5. The highest BCUT2D eigenvalue weighted by Crippen LogP contribution is 2.39. The van der Waals surface area contributed by atoms with Gasteiger partial charge in [0, 0.05) is 17.2 Å². The average molecular weight is 619 g/mol. The number of carbonyl (C=O) groups excluding carboxylic acids is 2. The highest BCUT2D eigenvalue weighted by Gasteiger charge is 2.35. The summed E-state index contributed by atoms with van der Waals surface area (Å²) in [4.78, 5) is 26.1. The topological polar surface area (TPSA) is 83.8 Å². The Labute approximate surface area is 251 Å². The van der Waals surface area contributed by atoms with Crippen molar-refractivity contribution in [3.05, 3.63) is 52.1 Å². The summed E-state index contributed by atoms with van der Waals surface area (Å²) in [5.74, 6) is -1.13. The van der Waals surface area contributed by atoms with Crippen LogP contribution in [0.4, 0.5) is 0 Å². The number of quaternary nitrogens is 1. The maximum atomic E-state index is 13.1. The number of halogens is 1. The third-order valence-corrected chi connectivity index (χ3v) is 7.84. The lowest BCUT2D eigenvalue weighted by molar-refractivity contribution is -0.890. The molecule has 1 aliphatic rings. The Hall–Kier alpha value is -2.38. The lowest BCUT2D eigenvalue weighted by Crippen LogP contribution is -3.00. The molecule has 0 unspecified atom stereocenters. The number of phenolic OH excluding ortho intramolecular Hbond substituents is 2. The third kappa shape index (κ3) is 9.34. The number of hydrogen-bond donors (Lipinski definition) is 2. The molecule has 0 aromatic heterocycles. The maximum absolute atomic E-state index is 13.1. The Bertz CT molecular complexity index is 1140.